The summed E-state index contributed by atoms with van der Waals surface area (Å²) in [5.74, 6) is -1.74. The number of benzene rings is 1. The zero-order valence-electron chi connectivity index (χ0n) is 14.2. The molecule has 1 heterocycles. The predicted molar refractivity (Wildman–Crippen MR) is 87.9 cm³/mol. The fraction of sp³-hybridized carbons (Fsp3) is 0.471. The predicted octanol–water partition coefficient (Wildman–Crippen LogP) is 1.29. The van der Waals surface area contributed by atoms with Crippen LogP contribution in [-0.2, 0) is 14.3 Å². The largest absolute Gasteiger partial charge is 0.444 e. The summed E-state index contributed by atoms with van der Waals surface area (Å²) in [6.45, 7) is 6.15. The Hall–Kier alpha value is -2.57. The first-order valence-electron chi connectivity index (χ1n) is 7.82. The molecule has 0 radical (unpaired) electrons. The third-order valence-electron chi connectivity index (χ3n) is 3.69. The van der Waals surface area contributed by atoms with E-state index in [0.717, 1.165) is 5.56 Å². The van der Waals surface area contributed by atoms with Crippen molar-refractivity contribution in [3.05, 3.63) is 35.9 Å². The summed E-state index contributed by atoms with van der Waals surface area (Å²) in [4.78, 5) is 38.7. The highest BCUT2D eigenvalue weighted by atomic mass is 16.6. The standard InChI is InChI=1S/C17H23N3O4/c1-17(2,3)24-16(23)19-9-10-20(15(22)14(18)21)13(11-19)12-7-5-4-6-8-12/h4-8,13H,9-11H2,1-3H3,(H2,18,21)/t13-/m1/s1. The van der Waals surface area contributed by atoms with Gasteiger partial charge in [-0.1, -0.05) is 30.3 Å². The molecule has 7 nitrogen and oxygen atoms in total. The van der Waals surface area contributed by atoms with Crippen molar-refractivity contribution in [1.82, 2.24) is 9.80 Å². The summed E-state index contributed by atoms with van der Waals surface area (Å²) in [5.41, 5.74) is 5.39. The van der Waals surface area contributed by atoms with Crippen LogP contribution in [0.15, 0.2) is 30.3 Å². The van der Waals surface area contributed by atoms with E-state index in [4.69, 9.17) is 10.5 Å². The zero-order chi connectivity index (χ0) is 17.9. The van der Waals surface area contributed by atoms with Crippen molar-refractivity contribution in [1.29, 1.82) is 0 Å². The van der Waals surface area contributed by atoms with Crippen molar-refractivity contribution in [2.75, 3.05) is 19.6 Å². The third kappa shape index (κ3) is 4.24. The highest BCUT2D eigenvalue weighted by Gasteiger charge is 2.36. The SMILES string of the molecule is CC(C)(C)OC(=O)N1CCN(C(=O)C(N)=O)[C@@H](c2ccccc2)C1. The number of nitrogens with zero attached hydrogens (tertiary/aromatic N) is 2. The third-order valence-corrected chi connectivity index (χ3v) is 3.69. The molecule has 130 valence electrons. The van der Waals surface area contributed by atoms with E-state index in [9.17, 15) is 14.4 Å². The summed E-state index contributed by atoms with van der Waals surface area (Å²) in [6.07, 6.45) is -0.436. The molecular formula is C17H23N3O4. The molecule has 24 heavy (non-hydrogen) atoms. The highest BCUT2D eigenvalue weighted by molar-refractivity contribution is 6.34. The van der Waals surface area contributed by atoms with Crippen molar-refractivity contribution in [2.24, 2.45) is 5.73 Å². The molecule has 0 unspecified atom stereocenters. The molecule has 1 aliphatic heterocycles. The number of primary amides is 1. The van der Waals surface area contributed by atoms with E-state index < -0.39 is 29.6 Å². The smallest absolute Gasteiger partial charge is 0.410 e. The monoisotopic (exact) mass is 333 g/mol. The van der Waals surface area contributed by atoms with Crippen LogP contribution < -0.4 is 5.73 Å². The second kappa shape index (κ2) is 6.90. The Morgan fingerprint density at radius 2 is 1.75 bits per heavy atom. The molecule has 1 fully saturated rings. The number of piperazine rings is 1. The molecule has 0 aliphatic carbocycles. The molecule has 2 rings (SSSR count). The Labute approximate surface area is 141 Å². The summed E-state index contributed by atoms with van der Waals surface area (Å²) in [7, 11) is 0. The molecule has 1 atom stereocenters. The van der Waals surface area contributed by atoms with Gasteiger partial charge >= 0.3 is 17.9 Å². The summed E-state index contributed by atoms with van der Waals surface area (Å²) < 4.78 is 5.40. The van der Waals surface area contributed by atoms with Crippen LogP contribution in [0.5, 0.6) is 0 Å². The molecule has 2 N–H and O–H groups in total. The summed E-state index contributed by atoms with van der Waals surface area (Å²) in [6, 6.07) is 8.81. The minimum Gasteiger partial charge on any atom is -0.444 e. The number of carbonyl (C=O) groups excluding carboxylic acids is 3. The molecule has 0 saturated carbocycles. The minimum absolute atomic E-state index is 0.223. The molecule has 1 saturated heterocycles. The lowest BCUT2D eigenvalue weighted by molar-refractivity contribution is -0.147. The van der Waals surface area contributed by atoms with Crippen molar-refractivity contribution in [2.45, 2.75) is 32.4 Å². The van der Waals surface area contributed by atoms with Gasteiger partial charge in [0.05, 0.1) is 6.04 Å². The highest BCUT2D eigenvalue weighted by Crippen LogP contribution is 2.26. The number of carbonyl (C=O) groups is 3. The van der Waals surface area contributed by atoms with Crippen molar-refractivity contribution in [3.63, 3.8) is 0 Å². The maximum Gasteiger partial charge on any atom is 0.410 e. The molecular weight excluding hydrogens is 310 g/mol. The average Bonchev–Trinajstić information content (AvgIpc) is 2.52. The maximum absolute atomic E-state index is 12.3. The van der Waals surface area contributed by atoms with Crippen LogP contribution in [0.3, 0.4) is 0 Å². The van der Waals surface area contributed by atoms with Gasteiger partial charge in [0.1, 0.15) is 5.60 Å². The second-order valence-electron chi connectivity index (χ2n) is 6.72. The molecule has 1 aliphatic rings. The Bertz CT molecular complexity index is 624. The molecule has 7 heteroatoms. The van der Waals surface area contributed by atoms with E-state index in [1.165, 1.54) is 4.90 Å². The van der Waals surface area contributed by atoms with Gasteiger partial charge in [-0.3, -0.25) is 9.59 Å². The lowest BCUT2D eigenvalue weighted by Crippen LogP contribution is -2.55. The van der Waals surface area contributed by atoms with Crippen LogP contribution in [0.25, 0.3) is 0 Å². The molecule has 3 amide bonds. The van der Waals surface area contributed by atoms with Gasteiger partial charge in [-0.25, -0.2) is 4.79 Å². The van der Waals surface area contributed by atoms with Gasteiger partial charge in [0.15, 0.2) is 0 Å². The minimum atomic E-state index is -0.998. The Balaban J connectivity index is 2.23. The molecule has 0 spiro atoms. The number of ether oxygens (including phenoxy) is 1. The van der Waals surface area contributed by atoms with Gasteiger partial charge in [-0.05, 0) is 26.3 Å². The van der Waals surface area contributed by atoms with Crippen LogP contribution in [-0.4, -0.2) is 52.9 Å². The van der Waals surface area contributed by atoms with E-state index in [-0.39, 0.29) is 19.6 Å². The van der Waals surface area contributed by atoms with E-state index in [1.54, 1.807) is 25.7 Å². The Morgan fingerprint density at radius 1 is 1.12 bits per heavy atom. The molecule has 0 bridgehead atoms. The summed E-state index contributed by atoms with van der Waals surface area (Å²) >= 11 is 0. The van der Waals surface area contributed by atoms with Gasteiger partial charge in [-0.15, -0.1) is 0 Å². The van der Waals surface area contributed by atoms with Crippen molar-refractivity contribution in [3.8, 4) is 0 Å². The fourth-order valence-corrected chi connectivity index (χ4v) is 2.62. The Kier molecular flexibility index (Phi) is 5.11. The second-order valence-corrected chi connectivity index (χ2v) is 6.72. The van der Waals surface area contributed by atoms with Crippen LogP contribution in [0.4, 0.5) is 4.79 Å². The van der Waals surface area contributed by atoms with Gasteiger partial charge in [0, 0.05) is 19.6 Å². The quantitative estimate of drug-likeness (QED) is 0.784. The van der Waals surface area contributed by atoms with Crippen LogP contribution >= 0.6 is 0 Å². The van der Waals surface area contributed by atoms with Crippen molar-refractivity contribution >= 4 is 17.9 Å². The average molecular weight is 333 g/mol. The fourth-order valence-electron chi connectivity index (χ4n) is 2.62. The van der Waals surface area contributed by atoms with Gasteiger partial charge in [0.2, 0.25) is 0 Å². The number of rotatable bonds is 1. The van der Waals surface area contributed by atoms with Crippen LogP contribution in [0.1, 0.15) is 32.4 Å². The van der Waals surface area contributed by atoms with E-state index in [2.05, 4.69) is 0 Å². The van der Waals surface area contributed by atoms with Crippen LogP contribution in [0, 0.1) is 0 Å². The molecule has 1 aromatic rings. The normalized spacial score (nSPS) is 18.2. The first kappa shape index (κ1) is 17.8. The van der Waals surface area contributed by atoms with E-state index in [0.29, 0.717) is 0 Å². The molecule has 0 aromatic heterocycles. The van der Waals surface area contributed by atoms with Crippen LogP contribution in [0.2, 0.25) is 0 Å². The number of hydrogen-bond acceptors (Lipinski definition) is 4. The maximum atomic E-state index is 12.3. The number of amides is 3. The first-order chi connectivity index (χ1) is 11.2. The number of nitrogens with two attached hydrogens (primary N) is 1. The Morgan fingerprint density at radius 3 is 2.29 bits per heavy atom. The molecule has 1 aromatic carbocycles. The van der Waals surface area contributed by atoms with Crippen molar-refractivity contribution < 1.29 is 19.1 Å². The lowest BCUT2D eigenvalue weighted by atomic mass is 10.0. The summed E-state index contributed by atoms with van der Waals surface area (Å²) in [5, 5.41) is 0. The number of hydrogen-bond donors (Lipinski definition) is 1. The van der Waals surface area contributed by atoms with Gasteiger partial charge in [0.25, 0.3) is 0 Å². The topological polar surface area (TPSA) is 92.9 Å². The zero-order valence-corrected chi connectivity index (χ0v) is 14.2. The van der Waals surface area contributed by atoms with E-state index in [1.807, 2.05) is 30.3 Å². The first-order valence-corrected chi connectivity index (χ1v) is 7.82. The van der Waals surface area contributed by atoms with Gasteiger partial charge < -0.3 is 20.3 Å². The van der Waals surface area contributed by atoms with E-state index >= 15 is 0 Å². The van der Waals surface area contributed by atoms with Gasteiger partial charge in [-0.2, -0.15) is 0 Å². The lowest BCUT2D eigenvalue weighted by Gasteiger charge is -2.41.